The summed E-state index contributed by atoms with van der Waals surface area (Å²) in [6, 6.07) is 3.83. The van der Waals surface area contributed by atoms with Crippen LogP contribution in [-0.2, 0) is 6.42 Å². The first-order chi connectivity index (χ1) is 10.1. The summed E-state index contributed by atoms with van der Waals surface area (Å²) in [6.45, 7) is 5.89. The molecule has 2 N–H and O–H groups in total. The standard InChI is InChI=1S/C15H17N5O/c1-4-5-11-14-12(19-15(16)18-11)7-6-10(17-14)13-8(2)20-21-9(13)3/h6-7H,4-5H2,1-3H3,(H2,16,18,19). The van der Waals surface area contributed by atoms with Gasteiger partial charge < -0.3 is 10.3 Å². The van der Waals surface area contributed by atoms with Crippen LogP contribution in [0.1, 0.15) is 30.5 Å². The number of hydrogen-bond acceptors (Lipinski definition) is 6. The summed E-state index contributed by atoms with van der Waals surface area (Å²) in [6.07, 6.45) is 1.80. The lowest BCUT2D eigenvalue weighted by Crippen LogP contribution is -2.02. The molecule has 0 amide bonds. The van der Waals surface area contributed by atoms with Crippen LogP contribution in [0, 0.1) is 13.8 Å². The van der Waals surface area contributed by atoms with Gasteiger partial charge in [-0.3, -0.25) is 0 Å². The minimum Gasteiger partial charge on any atom is -0.368 e. The number of aromatic nitrogens is 4. The van der Waals surface area contributed by atoms with Crippen molar-refractivity contribution in [3.05, 3.63) is 29.3 Å². The van der Waals surface area contributed by atoms with Gasteiger partial charge in [-0.15, -0.1) is 0 Å². The summed E-state index contributed by atoms with van der Waals surface area (Å²) in [5, 5.41) is 3.98. The second-order valence-corrected chi connectivity index (χ2v) is 5.04. The number of fused-ring (bicyclic) bond motifs is 1. The van der Waals surface area contributed by atoms with Gasteiger partial charge in [0.2, 0.25) is 5.95 Å². The average molecular weight is 283 g/mol. The van der Waals surface area contributed by atoms with Gasteiger partial charge in [0.15, 0.2) is 0 Å². The van der Waals surface area contributed by atoms with E-state index in [2.05, 4.69) is 22.0 Å². The molecule has 0 spiro atoms. The first kappa shape index (κ1) is 13.5. The lowest BCUT2D eigenvalue weighted by Gasteiger charge is -2.07. The molecule has 0 radical (unpaired) electrons. The van der Waals surface area contributed by atoms with Crippen LogP contribution in [0.5, 0.6) is 0 Å². The summed E-state index contributed by atoms with van der Waals surface area (Å²) in [7, 11) is 0. The molecule has 0 saturated carbocycles. The summed E-state index contributed by atoms with van der Waals surface area (Å²) in [5.74, 6) is 1.05. The van der Waals surface area contributed by atoms with Crippen LogP contribution in [-0.4, -0.2) is 20.1 Å². The number of hydrogen-bond donors (Lipinski definition) is 1. The van der Waals surface area contributed by atoms with E-state index in [-0.39, 0.29) is 5.95 Å². The topological polar surface area (TPSA) is 90.7 Å². The van der Waals surface area contributed by atoms with Crippen LogP contribution in [0.3, 0.4) is 0 Å². The Bertz CT molecular complexity index is 790. The molecule has 3 heterocycles. The molecule has 21 heavy (non-hydrogen) atoms. The van der Waals surface area contributed by atoms with Gasteiger partial charge in [-0.25, -0.2) is 15.0 Å². The van der Waals surface area contributed by atoms with E-state index in [1.165, 1.54) is 0 Å². The van der Waals surface area contributed by atoms with Crippen molar-refractivity contribution in [3.63, 3.8) is 0 Å². The minimum absolute atomic E-state index is 0.290. The third-order valence-corrected chi connectivity index (χ3v) is 3.41. The maximum Gasteiger partial charge on any atom is 0.220 e. The molecule has 0 aliphatic heterocycles. The van der Waals surface area contributed by atoms with E-state index >= 15 is 0 Å². The highest BCUT2D eigenvalue weighted by atomic mass is 16.5. The fourth-order valence-corrected chi connectivity index (χ4v) is 2.49. The third kappa shape index (κ3) is 2.33. The molecule has 0 aromatic carbocycles. The van der Waals surface area contributed by atoms with Crippen molar-refractivity contribution < 1.29 is 4.52 Å². The Balaban J connectivity index is 2.24. The van der Waals surface area contributed by atoms with E-state index in [1.807, 2.05) is 26.0 Å². The van der Waals surface area contributed by atoms with Gasteiger partial charge in [0.1, 0.15) is 11.3 Å². The highest BCUT2D eigenvalue weighted by Crippen LogP contribution is 2.27. The zero-order valence-electron chi connectivity index (χ0n) is 12.3. The second-order valence-electron chi connectivity index (χ2n) is 5.04. The first-order valence-corrected chi connectivity index (χ1v) is 6.96. The molecular formula is C15H17N5O. The van der Waals surface area contributed by atoms with E-state index < -0.39 is 0 Å². The van der Waals surface area contributed by atoms with Gasteiger partial charge in [0.05, 0.1) is 28.2 Å². The molecule has 6 heteroatoms. The molecule has 0 aliphatic rings. The molecule has 3 aromatic rings. The smallest absolute Gasteiger partial charge is 0.220 e. The van der Waals surface area contributed by atoms with Crippen molar-refractivity contribution in [2.24, 2.45) is 0 Å². The predicted molar refractivity (Wildman–Crippen MR) is 80.7 cm³/mol. The quantitative estimate of drug-likeness (QED) is 0.794. The SMILES string of the molecule is CCCc1nc(N)nc2ccc(-c3c(C)noc3C)nc12. The average Bonchev–Trinajstić information content (AvgIpc) is 2.78. The zero-order valence-corrected chi connectivity index (χ0v) is 12.3. The van der Waals surface area contributed by atoms with E-state index in [9.17, 15) is 0 Å². The highest BCUT2D eigenvalue weighted by Gasteiger charge is 2.15. The fourth-order valence-electron chi connectivity index (χ4n) is 2.49. The van der Waals surface area contributed by atoms with Gasteiger partial charge in [-0.05, 0) is 32.4 Å². The van der Waals surface area contributed by atoms with Gasteiger partial charge in [0.25, 0.3) is 0 Å². The Kier molecular flexibility index (Phi) is 3.29. The van der Waals surface area contributed by atoms with E-state index in [0.717, 1.165) is 52.3 Å². The van der Waals surface area contributed by atoms with Crippen molar-refractivity contribution in [2.45, 2.75) is 33.6 Å². The van der Waals surface area contributed by atoms with Gasteiger partial charge in [-0.1, -0.05) is 18.5 Å². The van der Waals surface area contributed by atoms with Gasteiger partial charge in [0, 0.05) is 0 Å². The maximum atomic E-state index is 5.76. The zero-order chi connectivity index (χ0) is 15.0. The van der Waals surface area contributed by atoms with E-state index in [1.54, 1.807) is 0 Å². The Hall–Kier alpha value is -2.50. The molecule has 3 rings (SSSR count). The fraction of sp³-hybridized carbons (Fsp3) is 0.333. The summed E-state index contributed by atoms with van der Waals surface area (Å²) >= 11 is 0. The Morgan fingerprint density at radius 2 is 1.95 bits per heavy atom. The minimum atomic E-state index is 0.290. The normalized spacial score (nSPS) is 11.2. The van der Waals surface area contributed by atoms with Gasteiger partial charge >= 0.3 is 0 Å². The number of nitrogen functional groups attached to an aromatic ring is 1. The Morgan fingerprint density at radius 3 is 2.62 bits per heavy atom. The number of pyridine rings is 1. The molecule has 0 saturated heterocycles. The lowest BCUT2D eigenvalue weighted by atomic mass is 10.1. The van der Waals surface area contributed by atoms with E-state index in [4.69, 9.17) is 15.2 Å². The van der Waals surface area contributed by atoms with Crippen molar-refractivity contribution in [2.75, 3.05) is 5.73 Å². The maximum absolute atomic E-state index is 5.76. The van der Waals surface area contributed by atoms with Crippen LogP contribution in [0.25, 0.3) is 22.3 Å². The Morgan fingerprint density at radius 1 is 1.14 bits per heavy atom. The third-order valence-electron chi connectivity index (χ3n) is 3.41. The van der Waals surface area contributed by atoms with Crippen LogP contribution in [0.2, 0.25) is 0 Å². The second kappa shape index (κ2) is 5.12. The monoisotopic (exact) mass is 283 g/mol. The van der Waals surface area contributed by atoms with Crippen molar-refractivity contribution in [3.8, 4) is 11.3 Å². The number of aryl methyl sites for hydroxylation is 3. The van der Waals surface area contributed by atoms with E-state index in [0.29, 0.717) is 0 Å². The van der Waals surface area contributed by atoms with Crippen molar-refractivity contribution in [1.29, 1.82) is 0 Å². The van der Waals surface area contributed by atoms with Crippen LogP contribution < -0.4 is 5.73 Å². The summed E-state index contributed by atoms with van der Waals surface area (Å²) in [4.78, 5) is 13.3. The summed E-state index contributed by atoms with van der Waals surface area (Å²) < 4.78 is 5.22. The summed E-state index contributed by atoms with van der Waals surface area (Å²) in [5.41, 5.74) is 10.8. The lowest BCUT2D eigenvalue weighted by molar-refractivity contribution is 0.393. The van der Waals surface area contributed by atoms with Crippen molar-refractivity contribution >= 4 is 17.0 Å². The molecule has 0 bridgehead atoms. The van der Waals surface area contributed by atoms with Crippen LogP contribution in [0.15, 0.2) is 16.7 Å². The molecule has 0 atom stereocenters. The highest BCUT2D eigenvalue weighted by molar-refractivity contribution is 5.81. The number of rotatable bonds is 3. The number of nitrogens with two attached hydrogens (primary N) is 1. The molecule has 0 aliphatic carbocycles. The molecule has 0 unspecified atom stereocenters. The predicted octanol–water partition coefficient (Wildman–Crippen LogP) is 2.83. The Labute approximate surface area is 122 Å². The van der Waals surface area contributed by atoms with Gasteiger partial charge in [-0.2, -0.15) is 0 Å². The first-order valence-electron chi connectivity index (χ1n) is 6.96. The molecule has 0 fully saturated rings. The number of anilines is 1. The molecular weight excluding hydrogens is 266 g/mol. The number of nitrogens with zero attached hydrogens (tertiary/aromatic N) is 4. The van der Waals surface area contributed by atoms with Crippen LogP contribution >= 0.6 is 0 Å². The van der Waals surface area contributed by atoms with Crippen LogP contribution in [0.4, 0.5) is 5.95 Å². The molecule has 108 valence electrons. The largest absolute Gasteiger partial charge is 0.368 e. The molecule has 6 nitrogen and oxygen atoms in total. The van der Waals surface area contributed by atoms with Crippen molar-refractivity contribution in [1.82, 2.24) is 20.1 Å². The molecule has 3 aromatic heterocycles.